The topological polar surface area (TPSA) is 94.6 Å². The average molecular weight is 281 g/mol. The molecule has 1 aromatic carbocycles. The number of amides is 1. The van der Waals surface area contributed by atoms with E-state index in [1.165, 1.54) is 5.56 Å². The number of carbonyl (C=O) groups is 1. The van der Waals surface area contributed by atoms with Crippen LogP contribution in [0.25, 0.3) is 5.57 Å². The Bertz CT molecular complexity index is 739. The molecule has 1 heterocycles. The number of hydrogen-bond donors (Lipinski definition) is 2. The third-order valence-electron chi connectivity index (χ3n) is 3.47. The van der Waals surface area contributed by atoms with Gasteiger partial charge >= 0.3 is 0 Å². The molecular weight excluding hydrogens is 266 g/mol. The van der Waals surface area contributed by atoms with Gasteiger partial charge in [-0.25, -0.2) is 0 Å². The smallest absolute Gasteiger partial charge is 0.280 e. The van der Waals surface area contributed by atoms with E-state index in [0.717, 1.165) is 29.5 Å². The zero-order chi connectivity index (χ0) is 14.8. The van der Waals surface area contributed by atoms with Gasteiger partial charge in [-0.05, 0) is 47.7 Å². The first kappa shape index (κ1) is 13.2. The maximum atomic E-state index is 11.9. The minimum absolute atomic E-state index is 0.233. The summed E-state index contributed by atoms with van der Waals surface area (Å²) in [5.41, 5.74) is 15.3. The number of rotatable bonds is 2. The molecule has 0 aliphatic heterocycles. The predicted octanol–water partition coefficient (Wildman–Crippen LogP) is 2.07. The lowest BCUT2D eigenvalue weighted by Gasteiger charge is -2.17. The molecular formula is C16H15N3O2. The van der Waals surface area contributed by atoms with Crippen LogP contribution in [0.5, 0.6) is 0 Å². The van der Waals surface area contributed by atoms with Crippen LogP contribution in [0, 0.1) is 0 Å². The van der Waals surface area contributed by atoms with E-state index < -0.39 is 5.91 Å². The van der Waals surface area contributed by atoms with Gasteiger partial charge in [0, 0.05) is 11.1 Å². The Balaban J connectivity index is 2.05. The number of nitrogens with two attached hydrogens (primary N) is 2. The van der Waals surface area contributed by atoms with Crippen molar-refractivity contribution in [2.75, 3.05) is 0 Å². The van der Waals surface area contributed by atoms with E-state index in [4.69, 9.17) is 15.9 Å². The van der Waals surface area contributed by atoms with Gasteiger partial charge in [0.25, 0.3) is 5.91 Å². The molecule has 5 heteroatoms. The summed E-state index contributed by atoms with van der Waals surface area (Å²) >= 11 is 0. The monoisotopic (exact) mass is 281 g/mol. The lowest BCUT2D eigenvalue weighted by Crippen LogP contribution is -2.24. The molecule has 0 radical (unpaired) electrons. The Kier molecular flexibility index (Phi) is 3.31. The normalized spacial score (nSPS) is 13.2. The van der Waals surface area contributed by atoms with Crippen molar-refractivity contribution >= 4 is 17.4 Å². The van der Waals surface area contributed by atoms with Gasteiger partial charge in [-0.2, -0.15) is 4.99 Å². The standard InChI is InChI=1S/C16H15N3O2/c17-16(18)19-15(20)11-5-4-10-2-1-3-13(14(10)8-11)12-6-7-21-9-12/h3-9H,1-2H2,(H4,17,18,19,20). The lowest BCUT2D eigenvalue weighted by molar-refractivity contribution is 0.100. The summed E-state index contributed by atoms with van der Waals surface area (Å²) in [6.45, 7) is 0. The van der Waals surface area contributed by atoms with E-state index in [0.29, 0.717) is 5.56 Å². The quantitative estimate of drug-likeness (QED) is 0.650. The van der Waals surface area contributed by atoms with Crippen molar-refractivity contribution in [1.82, 2.24) is 0 Å². The number of hydrogen-bond acceptors (Lipinski definition) is 2. The molecule has 1 aliphatic rings. The fraction of sp³-hybridized carbons (Fsp3) is 0.125. The summed E-state index contributed by atoms with van der Waals surface area (Å²) in [4.78, 5) is 15.5. The first-order chi connectivity index (χ1) is 10.1. The van der Waals surface area contributed by atoms with Crippen molar-refractivity contribution in [1.29, 1.82) is 0 Å². The number of fused-ring (bicyclic) bond motifs is 1. The van der Waals surface area contributed by atoms with Gasteiger partial charge in [0.05, 0.1) is 12.5 Å². The highest BCUT2D eigenvalue weighted by molar-refractivity contribution is 6.02. The highest BCUT2D eigenvalue weighted by Gasteiger charge is 2.17. The number of nitrogens with zero attached hydrogens (tertiary/aromatic N) is 1. The van der Waals surface area contributed by atoms with Gasteiger partial charge in [0.2, 0.25) is 0 Å². The van der Waals surface area contributed by atoms with Crippen molar-refractivity contribution in [3.05, 3.63) is 65.1 Å². The molecule has 21 heavy (non-hydrogen) atoms. The summed E-state index contributed by atoms with van der Waals surface area (Å²) < 4.78 is 5.15. The Morgan fingerprint density at radius 3 is 2.81 bits per heavy atom. The predicted molar refractivity (Wildman–Crippen MR) is 80.7 cm³/mol. The van der Waals surface area contributed by atoms with Crippen LogP contribution in [0.3, 0.4) is 0 Å². The number of aliphatic imine (C=N–C) groups is 1. The van der Waals surface area contributed by atoms with Gasteiger partial charge in [-0.3, -0.25) is 4.79 Å². The molecule has 0 saturated heterocycles. The second-order valence-corrected chi connectivity index (χ2v) is 4.88. The van der Waals surface area contributed by atoms with Gasteiger partial charge in [-0.15, -0.1) is 0 Å². The third-order valence-corrected chi connectivity index (χ3v) is 3.47. The molecule has 0 saturated carbocycles. The van der Waals surface area contributed by atoms with Crippen LogP contribution in [-0.4, -0.2) is 11.9 Å². The van der Waals surface area contributed by atoms with Crippen molar-refractivity contribution in [3.63, 3.8) is 0 Å². The van der Waals surface area contributed by atoms with Gasteiger partial charge in [-0.1, -0.05) is 12.1 Å². The molecule has 3 rings (SSSR count). The zero-order valence-electron chi connectivity index (χ0n) is 11.4. The Hall–Kier alpha value is -2.82. The van der Waals surface area contributed by atoms with Gasteiger partial charge in [0.1, 0.15) is 0 Å². The fourth-order valence-electron chi connectivity index (χ4n) is 2.53. The van der Waals surface area contributed by atoms with E-state index in [1.54, 1.807) is 18.6 Å². The van der Waals surface area contributed by atoms with Crippen LogP contribution >= 0.6 is 0 Å². The number of carbonyl (C=O) groups excluding carboxylic acids is 1. The van der Waals surface area contributed by atoms with Crippen molar-refractivity contribution in [2.24, 2.45) is 16.5 Å². The van der Waals surface area contributed by atoms with Gasteiger partial charge in [0.15, 0.2) is 5.96 Å². The molecule has 4 N–H and O–H groups in total. The summed E-state index contributed by atoms with van der Waals surface area (Å²) in [6, 6.07) is 7.46. The Morgan fingerprint density at radius 2 is 2.10 bits per heavy atom. The first-order valence-corrected chi connectivity index (χ1v) is 6.65. The SMILES string of the molecule is NC(N)=NC(=O)c1ccc2c(c1)C(c1ccoc1)=CCC2. The zero-order valence-corrected chi connectivity index (χ0v) is 11.4. The Morgan fingerprint density at radius 1 is 1.24 bits per heavy atom. The number of allylic oxidation sites excluding steroid dienone is 1. The Labute approximate surface area is 122 Å². The lowest BCUT2D eigenvalue weighted by atomic mass is 9.87. The van der Waals surface area contributed by atoms with E-state index in [-0.39, 0.29) is 5.96 Å². The molecule has 1 amide bonds. The van der Waals surface area contributed by atoms with Crippen molar-refractivity contribution < 1.29 is 9.21 Å². The molecule has 0 spiro atoms. The minimum atomic E-state index is -0.435. The maximum Gasteiger partial charge on any atom is 0.280 e. The fourth-order valence-corrected chi connectivity index (χ4v) is 2.53. The summed E-state index contributed by atoms with van der Waals surface area (Å²) in [6.07, 6.45) is 7.41. The number of furan rings is 1. The highest BCUT2D eigenvalue weighted by atomic mass is 16.3. The molecule has 0 fully saturated rings. The average Bonchev–Trinajstić information content (AvgIpc) is 2.99. The van der Waals surface area contributed by atoms with Crippen molar-refractivity contribution in [3.8, 4) is 0 Å². The summed E-state index contributed by atoms with van der Waals surface area (Å²) in [7, 11) is 0. The summed E-state index contributed by atoms with van der Waals surface area (Å²) in [5.74, 6) is -0.668. The maximum absolute atomic E-state index is 11.9. The van der Waals surface area contributed by atoms with Crippen LogP contribution in [0.1, 0.15) is 33.5 Å². The van der Waals surface area contributed by atoms with Crippen LogP contribution in [-0.2, 0) is 6.42 Å². The molecule has 1 aromatic heterocycles. The molecule has 0 bridgehead atoms. The van der Waals surface area contributed by atoms with E-state index in [1.807, 2.05) is 18.2 Å². The minimum Gasteiger partial charge on any atom is -0.472 e. The van der Waals surface area contributed by atoms with E-state index in [2.05, 4.69) is 11.1 Å². The largest absolute Gasteiger partial charge is 0.472 e. The van der Waals surface area contributed by atoms with Crippen LogP contribution in [0.2, 0.25) is 0 Å². The number of aryl methyl sites for hydroxylation is 1. The number of guanidine groups is 1. The second-order valence-electron chi connectivity index (χ2n) is 4.88. The second kappa shape index (κ2) is 5.28. The molecule has 0 unspecified atom stereocenters. The van der Waals surface area contributed by atoms with Crippen LogP contribution < -0.4 is 11.5 Å². The summed E-state index contributed by atoms with van der Waals surface area (Å²) in [5, 5.41) is 0. The molecule has 1 aliphatic carbocycles. The molecule has 2 aromatic rings. The number of benzene rings is 1. The third kappa shape index (κ3) is 2.58. The molecule has 5 nitrogen and oxygen atoms in total. The van der Waals surface area contributed by atoms with Gasteiger partial charge < -0.3 is 15.9 Å². The van der Waals surface area contributed by atoms with Crippen LogP contribution in [0.15, 0.2) is 52.3 Å². The van der Waals surface area contributed by atoms with E-state index in [9.17, 15) is 4.79 Å². The van der Waals surface area contributed by atoms with E-state index >= 15 is 0 Å². The molecule has 106 valence electrons. The first-order valence-electron chi connectivity index (χ1n) is 6.65. The van der Waals surface area contributed by atoms with Crippen LogP contribution in [0.4, 0.5) is 0 Å². The highest BCUT2D eigenvalue weighted by Crippen LogP contribution is 2.32. The van der Waals surface area contributed by atoms with Crippen molar-refractivity contribution in [2.45, 2.75) is 12.8 Å². The molecule has 0 atom stereocenters.